The summed E-state index contributed by atoms with van der Waals surface area (Å²) in [4.78, 5) is 9.98. The number of nitrogens with zero attached hydrogens (tertiary/aromatic N) is 3. The quantitative estimate of drug-likeness (QED) is 0.812. The Morgan fingerprint density at radius 3 is 2.74 bits per heavy atom. The highest BCUT2D eigenvalue weighted by Crippen LogP contribution is 2.31. The summed E-state index contributed by atoms with van der Waals surface area (Å²) in [5.74, 6) is 0.518. The fourth-order valence-corrected chi connectivity index (χ4v) is 2.09. The highest BCUT2D eigenvalue weighted by atomic mass is 35.5. The number of ether oxygens (including phenoxy) is 1. The number of aliphatic hydroxyl groups excluding tert-OH is 1. The zero-order valence-corrected chi connectivity index (χ0v) is 12.1. The molecule has 0 bridgehead atoms. The maximum Gasteiger partial charge on any atom is 0.216 e. The lowest BCUT2D eigenvalue weighted by Gasteiger charge is -2.43. The molecule has 1 aromatic heterocycles. The molecule has 0 saturated carbocycles. The number of halogens is 1. The zero-order valence-electron chi connectivity index (χ0n) is 11.3. The molecule has 7 heteroatoms. The molecule has 1 fully saturated rings. The first-order valence-electron chi connectivity index (χ1n) is 6.14. The predicted molar refractivity (Wildman–Crippen MR) is 72.6 cm³/mol. The predicted octanol–water partition coefficient (Wildman–Crippen LogP) is 1.20. The molecule has 2 heterocycles. The van der Waals surface area contributed by atoms with Crippen molar-refractivity contribution in [1.82, 2.24) is 14.9 Å². The molecule has 1 atom stereocenters. The molecule has 3 N–H and O–H groups in total. The molecule has 106 valence electrons. The fourth-order valence-electron chi connectivity index (χ4n) is 1.95. The van der Waals surface area contributed by atoms with E-state index in [9.17, 15) is 5.11 Å². The van der Waals surface area contributed by atoms with Crippen molar-refractivity contribution in [3.8, 4) is 0 Å². The summed E-state index contributed by atoms with van der Waals surface area (Å²) in [7, 11) is 0. The van der Waals surface area contributed by atoms with Crippen molar-refractivity contribution in [1.29, 1.82) is 0 Å². The minimum atomic E-state index is -0.912. The fraction of sp³-hybridized carbons (Fsp3) is 0.667. The van der Waals surface area contributed by atoms with E-state index >= 15 is 0 Å². The van der Waals surface area contributed by atoms with E-state index in [4.69, 9.17) is 22.1 Å². The number of nitrogens with two attached hydrogens (primary N) is 1. The Morgan fingerprint density at radius 2 is 2.16 bits per heavy atom. The van der Waals surface area contributed by atoms with Gasteiger partial charge in [-0.1, -0.05) is 11.6 Å². The van der Waals surface area contributed by atoms with Crippen molar-refractivity contribution in [3.63, 3.8) is 0 Å². The van der Waals surface area contributed by atoms with Crippen LogP contribution in [-0.4, -0.2) is 45.1 Å². The Balaban J connectivity index is 1.94. The molecular formula is C12H19ClN4O2. The molecule has 0 aliphatic carbocycles. The second kappa shape index (κ2) is 5.20. The molecule has 1 unspecified atom stereocenters. The second-order valence-corrected chi connectivity index (χ2v) is 6.06. The van der Waals surface area contributed by atoms with E-state index < -0.39 is 6.41 Å². The standard InChI is InChI=1S/C12H19ClN4O2/c1-12(2,3)19-11(18)17-5-7(6-17)9-10(14)15-4-8(13)16-9/h4,7,11,18H,5-6H2,1-3H3,(H2,14,15). The Kier molecular flexibility index (Phi) is 3.96. The SMILES string of the molecule is CC(C)(C)OC(O)N1CC(c2nc(Cl)cnc2N)C1. The van der Waals surface area contributed by atoms with Crippen molar-refractivity contribution < 1.29 is 9.84 Å². The molecule has 0 radical (unpaired) electrons. The van der Waals surface area contributed by atoms with E-state index in [-0.39, 0.29) is 11.5 Å². The molecule has 2 rings (SSSR count). The smallest absolute Gasteiger partial charge is 0.216 e. The number of aliphatic hydroxyl groups is 1. The summed E-state index contributed by atoms with van der Waals surface area (Å²) in [5.41, 5.74) is 6.08. The van der Waals surface area contributed by atoms with Gasteiger partial charge in [0.2, 0.25) is 6.41 Å². The van der Waals surface area contributed by atoms with Crippen molar-refractivity contribution in [3.05, 3.63) is 17.0 Å². The Bertz CT molecular complexity index is 458. The number of rotatable bonds is 3. The third kappa shape index (κ3) is 3.54. The lowest BCUT2D eigenvalue weighted by molar-refractivity contribution is -0.255. The van der Waals surface area contributed by atoms with E-state index in [1.165, 1.54) is 6.20 Å². The van der Waals surface area contributed by atoms with Crippen molar-refractivity contribution in [2.75, 3.05) is 18.8 Å². The summed E-state index contributed by atoms with van der Waals surface area (Å²) >= 11 is 5.81. The number of anilines is 1. The van der Waals surface area contributed by atoms with Gasteiger partial charge in [-0.25, -0.2) is 9.97 Å². The normalized spacial score (nSPS) is 19.2. The summed E-state index contributed by atoms with van der Waals surface area (Å²) in [6.07, 6.45) is 0.513. The van der Waals surface area contributed by atoms with E-state index in [0.717, 1.165) is 0 Å². The van der Waals surface area contributed by atoms with Crippen LogP contribution in [0.4, 0.5) is 5.82 Å². The third-order valence-corrected chi connectivity index (χ3v) is 3.05. The largest absolute Gasteiger partial charge is 0.382 e. The highest BCUT2D eigenvalue weighted by Gasteiger charge is 2.36. The van der Waals surface area contributed by atoms with Gasteiger partial charge in [-0.05, 0) is 20.8 Å². The Hall–Kier alpha value is -0.950. The topological polar surface area (TPSA) is 84.5 Å². The van der Waals surface area contributed by atoms with Gasteiger partial charge >= 0.3 is 0 Å². The third-order valence-electron chi connectivity index (χ3n) is 2.87. The molecule has 1 aromatic rings. The van der Waals surface area contributed by atoms with Gasteiger partial charge in [0, 0.05) is 19.0 Å². The lowest BCUT2D eigenvalue weighted by Crippen LogP contribution is -2.53. The lowest BCUT2D eigenvalue weighted by atomic mass is 9.96. The molecule has 1 saturated heterocycles. The van der Waals surface area contributed by atoms with Gasteiger partial charge in [0.05, 0.1) is 17.5 Å². The Morgan fingerprint density at radius 1 is 1.53 bits per heavy atom. The van der Waals surface area contributed by atoms with Gasteiger partial charge in [0.15, 0.2) is 0 Å². The van der Waals surface area contributed by atoms with Gasteiger partial charge in [-0.2, -0.15) is 0 Å². The average Bonchev–Trinajstić information content (AvgIpc) is 2.18. The van der Waals surface area contributed by atoms with Crippen molar-refractivity contribution >= 4 is 17.4 Å². The number of likely N-dealkylation sites (tertiary alicyclic amines) is 1. The zero-order chi connectivity index (χ0) is 14.2. The van der Waals surface area contributed by atoms with Crippen LogP contribution < -0.4 is 5.73 Å². The second-order valence-electron chi connectivity index (χ2n) is 5.67. The highest BCUT2D eigenvalue weighted by molar-refractivity contribution is 6.29. The van der Waals surface area contributed by atoms with Crippen LogP contribution in [0.15, 0.2) is 6.20 Å². The van der Waals surface area contributed by atoms with E-state index in [1.807, 2.05) is 20.8 Å². The average molecular weight is 287 g/mol. The monoisotopic (exact) mass is 286 g/mol. The van der Waals surface area contributed by atoms with E-state index in [0.29, 0.717) is 29.8 Å². The first-order chi connectivity index (χ1) is 8.76. The number of hydrogen-bond donors (Lipinski definition) is 2. The summed E-state index contributed by atoms with van der Waals surface area (Å²) < 4.78 is 5.47. The molecule has 0 amide bonds. The summed E-state index contributed by atoms with van der Waals surface area (Å²) in [6, 6.07) is 0. The van der Waals surface area contributed by atoms with Crippen LogP contribution in [0.1, 0.15) is 32.4 Å². The van der Waals surface area contributed by atoms with Crippen molar-refractivity contribution in [2.24, 2.45) is 0 Å². The maximum atomic E-state index is 9.90. The van der Waals surface area contributed by atoms with Crippen LogP contribution in [0.25, 0.3) is 0 Å². The van der Waals surface area contributed by atoms with Gasteiger partial charge in [0.25, 0.3) is 0 Å². The van der Waals surface area contributed by atoms with Crippen LogP contribution >= 0.6 is 11.6 Å². The molecule has 19 heavy (non-hydrogen) atoms. The maximum absolute atomic E-state index is 9.90. The summed E-state index contributed by atoms with van der Waals surface area (Å²) in [5, 5.41) is 10.2. The minimum Gasteiger partial charge on any atom is -0.382 e. The van der Waals surface area contributed by atoms with Gasteiger partial charge in [0.1, 0.15) is 11.0 Å². The first-order valence-corrected chi connectivity index (χ1v) is 6.52. The van der Waals surface area contributed by atoms with Crippen LogP contribution in [-0.2, 0) is 4.74 Å². The van der Waals surface area contributed by atoms with E-state index in [2.05, 4.69) is 9.97 Å². The Labute approximate surface area is 117 Å². The molecular weight excluding hydrogens is 268 g/mol. The number of aromatic nitrogens is 2. The van der Waals surface area contributed by atoms with Crippen LogP contribution in [0.2, 0.25) is 5.15 Å². The summed E-state index contributed by atoms with van der Waals surface area (Å²) in [6.45, 7) is 6.93. The van der Waals surface area contributed by atoms with Crippen molar-refractivity contribution in [2.45, 2.75) is 38.7 Å². The van der Waals surface area contributed by atoms with Gasteiger partial charge in [-0.3, -0.25) is 4.90 Å². The molecule has 0 spiro atoms. The minimum absolute atomic E-state index is 0.129. The van der Waals surface area contributed by atoms with Crippen LogP contribution in [0, 0.1) is 0 Å². The van der Waals surface area contributed by atoms with Gasteiger partial charge < -0.3 is 15.6 Å². The molecule has 1 aliphatic heterocycles. The van der Waals surface area contributed by atoms with Crippen LogP contribution in [0.3, 0.4) is 0 Å². The first kappa shape index (κ1) is 14.5. The number of nitrogen functional groups attached to an aromatic ring is 1. The molecule has 6 nitrogen and oxygen atoms in total. The van der Waals surface area contributed by atoms with E-state index in [1.54, 1.807) is 4.90 Å². The van der Waals surface area contributed by atoms with Gasteiger partial charge in [-0.15, -0.1) is 0 Å². The molecule has 0 aromatic carbocycles. The molecule has 1 aliphatic rings. The van der Waals surface area contributed by atoms with Crippen LogP contribution in [0.5, 0.6) is 0 Å². The number of hydrogen-bond acceptors (Lipinski definition) is 6.